The number of rotatable bonds is 4. The van der Waals surface area contributed by atoms with Gasteiger partial charge < -0.3 is 4.74 Å². The zero-order valence-electron chi connectivity index (χ0n) is 12.7. The molecule has 0 bridgehead atoms. The number of hydrogen-bond acceptors (Lipinski definition) is 3. The molecular formula is C18H20O2S. The van der Waals surface area contributed by atoms with E-state index >= 15 is 0 Å². The SMILES string of the molecule is C/C=C(\C=C/C1=C(C)C(=O)Cc2ccccc2S1)OCC. The molecule has 0 amide bonds. The number of carbonyl (C=O) groups is 1. The summed E-state index contributed by atoms with van der Waals surface area (Å²) in [7, 11) is 0. The smallest absolute Gasteiger partial charge is 0.164 e. The molecule has 0 fully saturated rings. The van der Waals surface area contributed by atoms with E-state index in [1.165, 1.54) is 0 Å². The Bertz CT molecular complexity index is 624. The number of allylic oxidation sites excluding steroid dienone is 4. The number of ketones is 1. The first-order chi connectivity index (χ1) is 10.2. The molecule has 0 aliphatic carbocycles. The van der Waals surface area contributed by atoms with Crippen LogP contribution in [0.25, 0.3) is 0 Å². The molecule has 0 saturated carbocycles. The van der Waals surface area contributed by atoms with Crippen molar-refractivity contribution in [3.05, 3.63) is 64.3 Å². The zero-order chi connectivity index (χ0) is 15.2. The van der Waals surface area contributed by atoms with Crippen molar-refractivity contribution in [2.45, 2.75) is 32.1 Å². The van der Waals surface area contributed by atoms with Crippen LogP contribution in [-0.4, -0.2) is 12.4 Å². The van der Waals surface area contributed by atoms with Crippen LogP contribution < -0.4 is 0 Å². The average Bonchev–Trinajstić information content (AvgIpc) is 2.61. The third kappa shape index (κ3) is 3.88. The summed E-state index contributed by atoms with van der Waals surface area (Å²) in [6, 6.07) is 8.09. The molecule has 1 aliphatic heterocycles. The second-order valence-electron chi connectivity index (χ2n) is 4.76. The first kappa shape index (κ1) is 15.6. The predicted molar refractivity (Wildman–Crippen MR) is 88.2 cm³/mol. The maximum Gasteiger partial charge on any atom is 0.164 e. The van der Waals surface area contributed by atoms with Gasteiger partial charge in [-0.2, -0.15) is 0 Å². The minimum atomic E-state index is 0.186. The fourth-order valence-corrected chi connectivity index (χ4v) is 3.16. The lowest BCUT2D eigenvalue weighted by Gasteiger charge is -2.06. The maximum absolute atomic E-state index is 12.3. The van der Waals surface area contributed by atoms with Crippen LogP contribution in [0, 0.1) is 0 Å². The van der Waals surface area contributed by atoms with Crippen LogP contribution in [0.3, 0.4) is 0 Å². The zero-order valence-corrected chi connectivity index (χ0v) is 13.5. The van der Waals surface area contributed by atoms with Crippen LogP contribution in [0.2, 0.25) is 0 Å². The first-order valence-electron chi connectivity index (χ1n) is 7.12. The van der Waals surface area contributed by atoms with Crippen LogP contribution in [0.5, 0.6) is 0 Å². The Hall–Kier alpha value is -1.74. The molecule has 0 radical (unpaired) electrons. The third-order valence-corrected chi connectivity index (χ3v) is 4.61. The summed E-state index contributed by atoms with van der Waals surface area (Å²) < 4.78 is 5.50. The Morgan fingerprint density at radius 1 is 1.38 bits per heavy atom. The standard InChI is InChI=1S/C18H20O2S/c1-4-15(20-5-2)10-11-17-13(3)16(19)12-14-8-6-7-9-18(14)21-17/h4,6-11H,5,12H2,1-3H3/b11-10-,15-4+. The van der Waals surface area contributed by atoms with Gasteiger partial charge in [0.05, 0.1) is 6.61 Å². The molecule has 1 aromatic rings. The first-order valence-corrected chi connectivity index (χ1v) is 7.94. The number of benzene rings is 1. The largest absolute Gasteiger partial charge is 0.494 e. The summed E-state index contributed by atoms with van der Waals surface area (Å²) in [5.74, 6) is 1.01. The molecule has 3 heteroatoms. The van der Waals surface area contributed by atoms with Crippen molar-refractivity contribution in [1.82, 2.24) is 0 Å². The quantitative estimate of drug-likeness (QED) is 0.597. The lowest BCUT2D eigenvalue weighted by Crippen LogP contribution is -2.03. The van der Waals surface area contributed by atoms with Gasteiger partial charge in [-0.25, -0.2) is 0 Å². The van der Waals surface area contributed by atoms with Crippen LogP contribution in [0.1, 0.15) is 26.3 Å². The average molecular weight is 300 g/mol. The molecule has 0 saturated heterocycles. The van der Waals surface area contributed by atoms with Crippen LogP contribution in [0.15, 0.2) is 63.6 Å². The molecular weight excluding hydrogens is 280 g/mol. The van der Waals surface area contributed by atoms with Crippen molar-refractivity contribution < 1.29 is 9.53 Å². The van der Waals surface area contributed by atoms with Gasteiger partial charge in [-0.1, -0.05) is 30.0 Å². The third-order valence-electron chi connectivity index (χ3n) is 3.33. The second-order valence-corrected chi connectivity index (χ2v) is 5.84. The topological polar surface area (TPSA) is 26.3 Å². The summed E-state index contributed by atoms with van der Waals surface area (Å²) in [6.07, 6.45) is 6.31. The van der Waals surface area contributed by atoms with Crippen molar-refractivity contribution in [2.24, 2.45) is 0 Å². The molecule has 0 aromatic heterocycles. The van der Waals surface area contributed by atoms with E-state index in [4.69, 9.17) is 4.74 Å². The van der Waals surface area contributed by atoms with Gasteiger partial charge in [-0.15, -0.1) is 0 Å². The van der Waals surface area contributed by atoms with Crippen LogP contribution in [-0.2, 0) is 16.0 Å². The van der Waals surface area contributed by atoms with Gasteiger partial charge in [0.25, 0.3) is 0 Å². The summed E-state index contributed by atoms with van der Waals surface area (Å²) in [5.41, 5.74) is 1.92. The van der Waals surface area contributed by atoms with Gasteiger partial charge in [0.1, 0.15) is 5.76 Å². The number of ether oxygens (including phenoxy) is 1. The number of Topliss-reactive ketones (excluding diaryl/α,β-unsaturated/α-hetero) is 1. The molecule has 21 heavy (non-hydrogen) atoms. The van der Waals surface area contributed by atoms with E-state index in [2.05, 4.69) is 6.07 Å². The Labute approximate surface area is 130 Å². The fraction of sp³-hybridized carbons (Fsp3) is 0.278. The Morgan fingerprint density at radius 2 is 2.14 bits per heavy atom. The van der Waals surface area contributed by atoms with E-state index in [9.17, 15) is 4.79 Å². The molecule has 0 unspecified atom stereocenters. The van der Waals surface area contributed by atoms with E-state index in [1.807, 2.05) is 57.2 Å². The maximum atomic E-state index is 12.3. The van der Waals surface area contributed by atoms with E-state index in [-0.39, 0.29) is 5.78 Å². The molecule has 1 heterocycles. The highest BCUT2D eigenvalue weighted by molar-refractivity contribution is 8.03. The lowest BCUT2D eigenvalue weighted by atomic mass is 10.0. The summed E-state index contributed by atoms with van der Waals surface area (Å²) >= 11 is 1.65. The minimum absolute atomic E-state index is 0.186. The number of fused-ring (bicyclic) bond motifs is 1. The molecule has 2 nitrogen and oxygen atoms in total. The van der Waals surface area contributed by atoms with Crippen molar-refractivity contribution in [3.8, 4) is 0 Å². The van der Waals surface area contributed by atoms with Crippen molar-refractivity contribution in [3.63, 3.8) is 0 Å². The molecule has 0 N–H and O–H groups in total. The number of thioether (sulfide) groups is 1. The highest BCUT2D eigenvalue weighted by atomic mass is 32.2. The highest BCUT2D eigenvalue weighted by Crippen LogP contribution is 2.36. The molecule has 2 rings (SSSR count). The summed E-state index contributed by atoms with van der Waals surface area (Å²) in [5, 5.41) is 0. The molecule has 1 aliphatic rings. The van der Waals surface area contributed by atoms with E-state index in [0.717, 1.165) is 26.7 Å². The summed E-state index contributed by atoms with van der Waals surface area (Å²) in [4.78, 5) is 14.4. The molecule has 0 atom stereocenters. The van der Waals surface area contributed by atoms with E-state index < -0.39 is 0 Å². The predicted octanol–water partition coefficient (Wildman–Crippen LogP) is 4.67. The lowest BCUT2D eigenvalue weighted by molar-refractivity contribution is -0.114. The second kappa shape index (κ2) is 7.32. The highest BCUT2D eigenvalue weighted by Gasteiger charge is 2.18. The Kier molecular flexibility index (Phi) is 5.45. The monoisotopic (exact) mass is 300 g/mol. The van der Waals surface area contributed by atoms with Crippen LogP contribution >= 0.6 is 11.8 Å². The van der Waals surface area contributed by atoms with Gasteiger partial charge in [-0.3, -0.25) is 4.79 Å². The van der Waals surface area contributed by atoms with Crippen molar-refractivity contribution >= 4 is 17.5 Å². The normalized spacial score (nSPS) is 16.1. The van der Waals surface area contributed by atoms with Crippen LogP contribution in [0.4, 0.5) is 0 Å². The Morgan fingerprint density at radius 3 is 2.86 bits per heavy atom. The molecule has 0 spiro atoms. The Balaban J connectivity index is 2.31. The number of hydrogen-bond donors (Lipinski definition) is 0. The van der Waals surface area contributed by atoms with Gasteiger partial charge in [-0.05, 0) is 50.6 Å². The van der Waals surface area contributed by atoms with Gasteiger partial charge >= 0.3 is 0 Å². The summed E-state index contributed by atoms with van der Waals surface area (Å²) in [6.45, 7) is 6.44. The van der Waals surface area contributed by atoms with Gasteiger partial charge in [0.2, 0.25) is 0 Å². The van der Waals surface area contributed by atoms with Crippen molar-refractivity contribution in [2.75, 3.05) is 6.61 Å². The number of carbonyl (C=O) groups excluding carboxylic acids is 1. The van der Waals surface area contributed by atoms with Crippen molar-refractivity contribution in [1.29, 1.82) is 0 Å². The minimum Gasteiger partial charge on any atom is -0.494 e. The van der Waals surface area contributed by atoms with E-state index in [1.54, 1.807) is 11.8 Å². The fourth-order valence-electron chi connectivity index (χ4n) is 2.10. The molecule has 1 aromatic carbocycles. The van der Waals surface area contributed by atoms with Gasteiger partial charge in [0, 0.05) is 21.8 Å². The van der Waals surface area contributed by atoms with Gasteiger partial charge in [0.15, 0.2) is 5.78 Å². The molecule has 110 valence electrons. The van der Waals surface area contributed by atoms with E-state index in [0.29, 0.717) is 13.0 Å².